The first-order chi connectivity index (χ1) is 16.0. The molecule has 0 N–H and O–H groups in total. The summed E-state index contributed by atoms with van der Waals surface area (Å²) in [5.74, 6) is 1.51. The first kappa shape index (κ1) is 23.6. The van der Waals surface area contributed by atoms with E-state index < -0.39 is 0 Å². The summed E-state index contributed by atoms with van der Waals surface area (Å²) in [4.78, 5) is 34.4. The minimum absolute atomic E-state index is 0.0765. The molecular weight excluding hydrogens is 424 g/mol. The van der Waals surface area contributed by atoms with E-state index in [9.17, 15) is 9.59 Å². The van der Waals surface area contributed by atoms with Crippen molar-refractivity contribution in [2.45, 2.75) is 25.3 Å². The Morgan fingerprint density at radius 2 is 1.39 bits per heavy atom. The van der Waals surface area contributed by atoms with Gasteiger partial charge in [-0.05, 0) is 25.0 Å². The smallest absolute Gasteiger partial charge is 0.254 e. The fourth-order valence-electron chi connectivity index (χ4n) is 4.88. The number of carbonyl (C=O) groups is 2. The van der Waals surface area contributed by atoms with Crippen LogP contribution in [0.5, 0.6) is 17.2 Å². The third-order valence-corrected chi connectivity index (χ3v) is 7.19. The van der Waals surface area contributed by atoms with Gasteiger partial charge in [-0.2, -0.15) is 0 Å². The van der Waals surface area contributed by atoms with Crippen LogP contribution in [0.25, 0.3) is 0 Å². The monoisotopic (exact) mass is 460 g/mol. The molecule has 33 heavy (non-hydrogen) atoms. The molecule has 0 unspecified atom stereocenters. The number of rotatable bonds is 7. The molecule has 2 amide bonds. The number of ether oxygens (including phenoxy) is 3. The van der Waals surface area contributed by atoms with Crippen LogP contribution in [-0.2, 0) is 4.79 Å². The molecular formula is C24H36N4O5. The second kappa shape index (κ2) is 10.6. The van der Waals surface area contributed by atoms with Crippen molar-refractivity contribution < 1.29 is 23.8 Å². The summed E-state index contributed by atoms with van der Waals surface area (Å²) in [7, 11) is 4.61. The molecule has 3 fully saturated rings. The molecule has 9 heteroatoms. The van der Waals surface area contributed by atoms with Crippen LogP contribution in [0.15, 0.2) is 12.1 Å². The first-order valence-corrected chi connectivity index (χ1v) is 11.9. The maximum absolute atomic E-state index is 13.1. The van der Waals surface area contributed by atoms with Crippen LogP contribution in [0.4, 0.5) is 0 Å². The Morgan fingerprint density at radius 3 is 1.88 bits per heavy atom. The maximum atomic E-state index is 13.1. The Morgan fingerprint density at radius 1 is 0.818 bits per heavy atom. The number of piperazine rings is 2. The molecule has 0 aromatic heterocycles. The van der Waals surface area contributed by atoms with Gasteiger partial charge < -0.3 is 24.0 Å². The summed E-state index contributed by atoms with van der Waals surface area (Å²) in [5.41, 5.74) is 0.498. The van der Waals surface area contributed by atoms with Crippen LogP contribution < -0.4 is 14.2 Å². The van der Waals surface area contributed by atoms with Gasteiger partial charge in [0.15, 0.2) is 11.5 Å². The maximum Gasteiger partial charge on any atom is 0.254 e. The van der Waals surface area contributed by atoms with Gasteiger partial charge in [0.1, 0.15) is 0 Å². The largest absolute Gasteiger partial charge is 0.493 e. The second-order valence-electron chi connectivity index (χ2n) is 8.98. The Hall–Kier alpha value is -2.52. The number of hydrogen-bond acceptors (Lipinski definition) is 7. The first-order valence-electron chi connectivity index (χ1n) is 11.9. The van der Waals surface area contributed by atoms with E-state index >= 15 is 0 Å². The van der Waals surface area contributed by atoms with Crippen molar-refractivity contribution in [1.29, 1.82) is 0 Å². The topological polar surface area (TPSA) is 74.8 Å². The molecule has 4 rings (SSSR count). The van der Waals surface area contributed by atoms with Crippen LogP contribution in [0.1, 0.15) is 29.6 Å². The Bertz CT molecular complexity index is 818. The van der Waals surface area contributed by atoms with Crippen molar-refractivity contribution in [3.05, 3.63) is 17.7 Å². The minimum atomic E-state index is -0.0765. The quantitative estimate of drug-likeness (QED) is 0.605. The Kier molecular flexibility index (Phi) is 7.60. The molecule has 2 heterocycles. The average Bonchev–Trinajstić information content (AvgIpc) is 2.82. The van der Waals surface area contributed by atoms with E-state index in [4.69, 9.17) is 14.2 Å². The highest BCUT2D eigenvalue weighted by molar-refractivity contribution is 5.95. The molecule has 1 aromatic rings. The normalized spacial score (nSPS) is 20.3. The predicted octanol–water partition coefficient (Wildman–Crippen LogP) is 1.17. The van der Waals surface area contributed by atoms with Crippen molar-refractivity contribution >= 4 is 11.8 Å². The molecule has 0 spiro atoms. The number of nitrogens with zero attached hydrogens (tertiary/aromatic N) is 4. The van der Waals surface area contributed by atoms with Gasteiger partial charge in [-0.3, -0.25) is 19.4 Å². The van der Waals surface area contributed by atoms with Crippen molar-refractivity contribution in [3.8, 4) is 17.2 Å². The average molecular weight is 461 g/mol. The van der Waals surface area contributed by atoms with Gasteiger partial charge >= 0.3 is 0 Å². The van der Waals surface area contributed by atoms with Gasteiger partial charge in [-0.25, -0.2) is 0 Å². The molecule has 1 saturated carbocycles. The summed E-state index contributed by atoms with van der Waals surface area (Å²) in [5, 5.41) is 0. The molecule has 9 nitrogen and oxygen atoms in total. The van der Waals surface area contributed by atoms with Crippen LogP contribution >= 0.6 is 0 Å². The van der Waals surface area contributed by atoms with E-state index in [0.29, 0.717) is 55.5 Å². The van der Waals surface area contributed by atoms with E-state index in [0.717, 1.165) is 32.2 Å². The summed E-state index contributed by atoms with van der Waals surface area (Å²) >= 11 is 0. The molecule has 0 radical (unpaired) electrons. The standard InChI is InChI=1S/C24H36N4O5/c1-31-20-15-18(16-21(32-2)23(20)33-3)24(30)28-9-7-25(8-10-28)17-22(29)27-13-11-26(12-14-27)19-5-4-6-19/h15-16,19H,4-14,17H2,1-3H3. The lowest BCUT2D eigenvalue weighted by atomic mass is 9.91. The van der Waals surface area contributed by atoms with Gasteiger partial charge in [0.05, 0.1) is 27.9 Å². The molecule has 1 aliphatic carbocycles. The zero-order valence-electron chi connectivity index (χ0n) is 20.0. The molecule has 1 aromatic carbocycles. The van der Waals surface area contributed by atoms with E-state index in [1.54, 1.807) is 12.1 Å². The Labute approximate surface area is 196 Å². The summed E-state index contributed by atoms with van der Waals surface area (Å²) in [6.45, 7) is 6.60. The van der Waals surface area contributed by atoms with Crippen molar-refractivity contribution in [2.75, 3.05) is 80.2 Å². The van der Waals surface area contributed by atoms with Crippen LogP contribution in [-0.4, -0.2) is 118 Å². The third-order valence-electron chi connectivity index (χ3n) is 7.19. The lowest BCUT2D eigenvalue weighted by Crippen LogP contribution is -2.56. The predicted molar refractivity (Wildman–Crippen MR) is 124 cm³/mol. The molecule has 0 atom stereocenters. The molecule has 2 aliphatic heterocycles. The number of carbonyl (C=O) groups excluding carboxylic acids is 2. The highest BCUT2D eigenvalue weighted by Gasteiger charge is 2.31. The highest BCUT2D eigenvalue weighted by atomic mass is 16.5. The zero-order valence-corrected chi connectivity index (χ0v) is 20.0. The van der Waals surface area contributed by atoms with Crippen molar-refractivity contribution in [3.63, 3.8) is 0 Å². The van der Waals surface area contributed by atoms with Gasteiger partial charge in [-0.1, -0.05) is 6.42 Å². The lowest BCUT2D eigenvalue weighted by molar-refractivity contribution is -0.135. The van der Waals surface area contributed by atoms with Crippen LogP contribution in [0.3, 0.4) is 0 Å². The summed E-state index contributed by atoms with van der Waals surface area (Å²) in [6, 6.07) is 4.12. The third kappa shape index (κ3) is 5.19. The number of hydrogen-bond donors (Lipinski definition) is 0. The molecule has 182 valence electrons. The fourth-order valence-corrected chi connectivity index (χ4v) is 4.88. The van der Waals surface area contributed by atoms with E-state index in [1.807, 2.05) is 9.80 Å². The van der Waals surface area contributed by atoms with E-state index in [-0.39, 0.29) is 11.8 Å². The highest BCUT2D eigenvalue weighted by Crippen LogP contribution is 2.38. The van der Waals surface area contributed by atoms with E-state index in [2.05, 4.69) is 9.80 Å². The van der Waals surface area contributed by atoms with Gasteiger partial charge in [-0.15, -0.1) is 0 Å². The summed E-state index contributed by atoms with van der Waals surface area (Å²) < 4.78 is 16.1. The van der Waals surface area contributed by atoms with Gasteiger partial charge in [0.2, 0.25) is 11.7 Å². The van der Waals surface area contributed by atoms with Crippen molar-refractivity contribution in [1.82, 2.24) is 19.6 Å². The number of benzene rings is 1. The SMILES string of the molecule is COc1cc(C(=O)N2CCN(CC(=O)N3CCN(C4CCC4)CC3)CC2)cc(OC)c1OC. The van der Waals surface area contributed by atoms with Crippen LogP contribution in [0, 0.1) is 0 Å². The summed E-state index contributed by atoms with van der Waals surface area (Å²) in [6.07, 6.45) is 3.97. The molecule has 3 aliphatic rings. The van der Waals surface area contributed by atoms with Gasteiger partial charge in [0, 0.05) is 64.0 Å². The zero-order chi connectivity index (χ0) is 23.4. The lowest BCUT2D eigenvalue weighted by Gasteiger charge is -2.43. The second-order valence-corrected chi connectivity index (χ2v) is 8.98. The Balaban J connectivity index is 1.27. The number of methoxy groups -OCH3 is 3. The van der Waals surface area contributed by atoms with E-state index in [1.165, 1.54) is 40.6 Å². The minimum Gasteiger partial charge on any atom is -0.493 e. The molecule has 2 saturated heterocycles. The van der Waals surface area contributed by atoms with Gasteiger partial charge in [0.25, 0.3) is 5.91 Å². The number of amides is 2. The molecule has 0 bridgehead atoms. The van der Waals surface area contributed by atoms with Crippen LogP contribution in [0.2, 0.25) is 0 Å². The van der Waals surface area contributed by atoms with Crippen molar-refractivity contribution in [2.24, 2.45) is 0 Å². The fraction of sp³-hybridized carbons (Fsp3) is 0.667.